The molecule has 0 radical (unpaired) electrons. The van der Waals surface area contributed by atoms with E-state index < -0.39 is 35.9 Å². The molecule has 31 heavy (non-hydrogen) atoms. The van der Waals surface area contributed by atoms with Gasteiger partial charge in [-0.3, -0.25) is 9.59 Å². The van der Waals surface area contributed by atoms with Crippen molar-refractivity contribution in [1.29, 1.82) is 0 Å². The summed E-state index contributed by atoms with van der Waals surface area (Å²) >= 11 is 0. The first-order chi connectivity index (χ1) is 14.9. The van der Waals surface area contributed by atoms with Gasteiger partial charge in [0.25, 0.3) is 0 Å². The molecule has 0 aliphatic rings. The van der Waals surface area contributed by atoms with Crippen LogP contribution in [0.4, 0.5) is 0 Å². The number of aromatic nitrogens is 6. The number of aromatic amines is 3. The number of nitrogens with zero attached hydrogens (tertiary/aromatic N) is 3. The van der Waals surface area contributed by atoms with Crippen molar-refractivity contribution in [2.24, 2.45) is 5.73 Å². The molecular formula is C18H23N9O4. The minimum atomic E-state index is -1.22. The standard InChI is InChI=1S/C18H23N9O4/c19-13(1-10-4-20-7-23-10)16(28)26-14(2-11-5-21-8-24-11)17(29)27-15(18(30)31)3-12-6-22-9-25-12/h4-9,13-15H,1-3,19H2,(H,20,23)(H,21,24)(H,22,25)(H,26,28)(H,27,29)(H,30,31)/t13-,14-,15-/m0/s1. The Kier molecular flexibility index (Phi) is 7.11. The second-order valence-electron chi connectivity index (χ2n) is 6.91. The fourth-order valence-corrected chi connectivity index (χ4v) is 2.92. The van der Waals surface area contributed by atoms with Gasteiger partial charge in [-0.1, -0.05) is 0 Å². The van der Waals surface area contributed by atoms with Crippen molar-refractivity contribution in [3.05, 3.63) is 54.7 Å². The van der Waals surface area contributed by atoms with Gasteiger partial charge in [0, 0.05) is 54.9 Å². The molecule has 0 unspecified atom stereocenters. The van der Waals surface area contributed by atoms with Crippen LogP contribution in [0.2, 0.25) is 0 Å². The minimum absolute atomic E-state index is 0.00509. The van der Waals surface area contributed by atoms with E-state index in [0.29, 0.717) is 17.1 Å². The largest absolute Gasteiger partial charge is 0.480 e. The number of carboxylic acids is 1. The Balaban J connectivity index is 1.68. The Hall–Kier alpha value is -4.00. The molecule has 3 aromatic heterocycles. The van der Waals surface area contributed by atoms with Gasteiger partial charge < -0.3 is 36.4 Å². The van der Waals surface area contributed by atoms with Crippen LogP contribution in [0.5, 0.6) is 0 Å². The second kappa shape index (κ2) is 10.2. The van der Waals surface area contributed by atoms with Crippen LogP contribution in [0.15, 0.2) is 37.6 Å². The Morgan fingerprint density at radius 2 is 1.26 bits per heavy atom. The van der Waals surface area contributed by atoms with E-state index >= 15 is 0 Å². The zero-order valence-corrected chi connectivity index (χ0v) is 16.4. The van der Waals surface area contributed by atoms with Crippen LogP contribution in [0.1, 0.15) is 17.1 Å². The highest BCUT2D eigenvalue weighted by molar-refractivity contribution is 5.92. The van der Waals surface area contributed by atoms with Crippen LogP contribution in [-0.4, -0.2) is 70.9 Å². The van der Waals surface area contributed by atoms with Crippen molar-refractivity contribution in [3.63, 3.8) is 0 Å². The van der Waals surface area contributed by atoms with Crippen molar-refractivity contribution in [2.75, 3.05) is 0 Å². The van der Waals surface area contributed by atoms with Gasteiger partial charge in [0.1, 0.15) is 12.1 Å². The lowest BCUT2D eigenvalue weighted by Gasteiger charge is -2.22. The van der Waals surface area contributed by atoms with E-state index in [1.807, 2.05) is 0 Å². The zero-order valence-electron chi connectivity index (χ0n) is 16.4. The summed E-state index contributed by atoms with van der Waals surface area (Å²) in [5.41, 5.74) is 7.75. The van der Waals surface area contributed by atoms with Crippen LogP contribution in [0.3, 0.4) is 0 Å². The molecule has 0 bridgehead atoms. The molecule has 0 aromatic carbocycles. The Morgan fingerprint density at radius 1 is 0.806 bits per heavy atom. The normalized spacial score (nSPS) is 13.8. The van der Waals surface area contributed by atoms with Crippen molar-refractivity contribution in [3.8, 4) is 0 Å². The number of aliphatic carboxylic acids is 1. The van der Waals surface area contributed by atoms with E-state index in [1.165, 1.54) is 31.4 Å². The average Bonchev–Trinajstić information content (AvgIpc) is 3.50. The lowest BCUT2D eigenvalue weighted by Crippen LogP contribution is -2.56. The first kappa shape index (κ1) is 21.7. The molecule has 164 valence electrons. The van der Waals surface area contributed by atoms with Gasteiger partial charge in [0.15, 0.2) is 0 Å². The predicted molar refractivity (Wildman–Crippen MR) is 106 cm³/mol. The highest BCUT2D eigenvalue weighted by atomic mass is 16.4. The van der Waals surface area contributed by atoms with E-state index in [4.69, 9.17) is 5.73 Å². The number of hydrogen-bond acceptors (Lipinski definition) is 7. The molecular weight excluding hydrogens is 406 g/mol. The quantitative estimate of drug-likeness (QED) is 0.186. The summed E-state index contributed by atoms with van der Waals surface area (Å²) in [5.74, 6) is -2.44. The number of imidazole rings is 3. The number of hydrogen-bond donors (Lipinski definition) is 7. The van der Waals surface area contributed by atoms with Gasteiger partial charge in [-0.25, -0.2) is 19.7 Å². The SMILES string of the molecule is N[C@@H](Cc1cnc[nH]1)C(=O)N[C@@H](Cc1cnc[nH]1)C(=O)N[C@@H](Cc1cnc[nH]1)C(=O)O. The molecule has 3 atom stereocenters. The van der Waals surface area contributed by atoms with E-state index in [2.05, 4.69) is 40.5 Å². The molecule has 2 amide bonds. The third kappa shape index (κ3) is 6.24. The topological polar surface area (TPSA) is 208 Å². The smallest absolute Gasteiger partial charge is 0.326 e. The molecule has 0 fully saturated rings. The Bertz CT molecular complexity index is 970. The molecule has 0 aliphatic heterocycles. The third-order valence-corrected chi connectivity index (χ3v) is 4.54. The van der Waals surface area contributed by atoms with Gasteiger partial charge in [-0.15, -0.1) is 0 Å². The first-order valence-electron chi connectivity index (χ1n) is 9.43. The molecule has 13 heteroatoms. The van der Waals surface area contributed by atoms with Crippen LogP contribution in [0, 0.1) is 0 Å². The number of rotatable bonds is 11. The molecule has 0 aliphatic carbocycles. The molecule has 0 saturated carbocycles. The maximum absolute atomic E-state index is 12.9. The molecule has 13 nitrogen and oxygen atoms in total. The number of H-pyrrole nitrogens is 3. The van der Waals surface area contributed by atoms with Crippen molar-refractivity contribution in [2.45, 2.75) is 37.4 Å². The van der Waals surface area contributed by atoms with Crippen LogP contribution >= 0.6 is 0 Å². The average molecular weight is 429 g/mol. The monoisotopic (exact) mass is 429 g/mol. The molecule has 0 saturated heterocycles. The molecule has 3 heterocycles. The molecule has 8 N–H and O–H groups in total. The summed E-state index contributed by atoms with van der Waals surface area (Å²) in [6, 6.07) is -3.21. The first-order valence-corrected chi connectivity index (χ1v) is 9.43. The fraction of sp³-hybridized carbons (Fsp3) is 0.333. The van der Waals surface area contributed by atoms with Crippen LogP contribution < -0.4 is 16.4 Å². The Morgan fingerprint density at radius 3 is 1.71 bits per heavy atom. The number of nitrogens with two attached hydrogens (primary N) is 1. The second-order valence-corrected chi connectivity index (χ2v) is 6.91. The molecule has 0 spiro atoms. The van der Waals surface area contributed by atoms with Crippen LogP contribution in [-0.2, 0) is 33.6 Å². The highest BCUT2D eigenvalue weighted by Crippen LogP contribution is 2.04. The van der Waals surface area contributed by atoms with E-state index in [0.717, 1.165) is 0 Å². The number of nitrogens with one attached hydrogen (secondary N) is 5. The number of carboxylic acid groups (broad SMARTS) is 1. The van der Waals surface area contributed by atoms with E-state index in [1.54, 1.807) is 6.20 Å². The summed E-state index contributed by atoms with van der Waals surface area (Å²) in [6.45, 7) is 0. The molecule has 3 aromatic rings. The lowest BCUT2D eigenvalue weighted by molar-refractivity contribution is -0.142. The van der Waals surface area contributed by atoms with Gasteiger partial charge in [0.2, 0.25) is 11.8 Å². The zero-order chi connectivity index (χ0) is 22.2. The third-order valence-electron chi connectivity index (χ3n) is 4.54. The minimum Gasteiger partial charge on any atom is -0.480 e. The van der Waals surface area contributed by atoms with Gasteiger partial charge in [0.05, 0.1) is 25.0 Å². The number of carbonyl (C=O) groups is 3. The molecule has 3 rings (SSSR count). The lowest BCUT2D eigenvalue weighted by atomic mass is 10.1. The number of amides is 2. The van der Waals surface area contributed by atoms with Crippen molar-refractivity contribution in [1.82, 2.24) is 40.5 Å². The van der Waals surface area contributed by atoms with Crippen LogP contribution in [0.25, 0.3) is 0 Å². The summed E-state index contributed by atoms with van der Waals surface area (Å²) < 4.78 is 0. The maximum Gasteiger partial charge on any atom is 0.326 e. The van der Waals surface area contributed by atoms with E-state index in [-0.39, 0.29) is 19.3 Å². The van der Waals surface area contributed by atoms with Crippen molar-refractivity contribution < 1.29 is 19.5 Å². The van der Waals surface area contributed by atoms with Crippen molar-refractivity contribution >= 4 is 17.8 Å². The number of carbonyl (C=O) groups excluding carboxylic acids is 2. The predicted octanol–water partition coefficient (Wildman–Crippen LogP) is -1.73. The summed E-state index contributed by atoms with van der Waals surface area (Å²) in [7, 11) is 0. The van der Waals surface area contributed by atoms with Gasteiger partial charge >= 0.3 is 5.97 Å². The van der Waals surface area contributed by atoms with Gasteiger partial charge in [-0.2, -0.15) is 0 Å². The van der Waals surface area contributed by atoms with E-state index in [9.17, 15) is 19.5 Å². The highest BCUT2D eigenvalue weighted by Gasteiger charge is 2.29. The maximum atomic E-state index is 12.9. The summed E-state index contributed by atoms with van der Waals surface area (Å²) in [6.07, 6.45) is 9.14. The van der Waals surface area contributed by atoms with Gasteiger partial charge in [-0.05, 0) is 0 Å². The summed E-state index contributed by atoms with van der Waals surface area (Å²) in [5, 5.41) is 14.6. The summed E-state index contributed by atoms with van der Waals surface area (Å²) in [4.78, 5) is 57.2. The Labute approximate surface area is 176 Å². The fourth-order valence-electron chi connectivity index (χ4n) is 2.92.